The Balaban J connectivity index is 1.79. The molecule has 2 amide bonds. The van der Waals surface area contributed by atoms with Gasteiger partial charge in [0.05, 0.1) is 0 Å². The van der Waals surface area contributed by atoms with E-state index in [0.29, 0.717) is 22.8 Å². The van der Waals surface area contributed by atoms with Gasteiger partial charge in [0.25, 0.3) is 0 Å². The number of aryl methyl sites for hydroxylation is 1. The summed E-state index contributed by atoms with van der Waals surface area (Å²) in [6, 6.07) is 5.61. The summed E-state index contributed by atoms with van der Waals surface area (Å²) in [5, 5.41) is 11.4. The molecule has 1 N–H and O–H groups in total. The van der Waals surface area contributed by atoms with Gasteiger partial charge in [0.1, 0.15) is 22.8 Å². The number of rotatable bonds is 3. The number of anilines is 2. The van der Waals surface area contributed by atoms with Crippen LogP contribution in [0, 0.1) is 6.92 Å². The highest BCUT2D eigenvalue weighted by Crippen LogP contribution is 2.41. The molecule has 7 nitrogen and oxygen atoms in total. The lowest BCUT2D eigenvalue weighted by Gasteiger charge is -2.14. The molecule has 1 aliphatic heterocycles. The number of aromatic nitrogens is 2. The molecular weight excluding hydrogens is 328 g/mol. The third kappa shape index (κ3) is 2.18. The van der Waals surface area contributed by atoms with Crippen LogP contribution in [-0.4, -0.2) is 28.6 Å². The fourth-order valence-corrected chi connectivity index (χ4v) is 3.53. The molecule has 24 heavy (non-hydrogen) atoms. The summed E-state index contributed by atoms with van der Waals surface area (Å²) in [5.74, 6) is -0.757. The highest BCUT2D eigenvalue weighted by atomic mass is 32.1. The zero-order valence-electron chi connectivity index (χ0n) is 13.1. The van der Waals surface area contributed by atoms with Crippen molar-refractivity contribution in [1.82, 2.24) is 10.2 Å². The Bertz CT molecular complexity index is 948. The molecule has 122 valence electrons. The number of amides is 2. The van der Waals surface area contributed by atoms with Crippen LogP contribution < -0.4 is 10.2 Å². The number of fused-ring (bicyclic) bond motifs is 2. The van der Waals surface area contributed by atoms with Crippen molar-refractivity contribution in [2.45, 2.75) is 19.8 Å². The van der Waals surface area contributed by atoms with Crippen molar-refractivity contribution in [3.63, 3.8) is 0 Å². The van der Waals surface area contributed by atoms with E-state index in [4.69, 9.17) is 4.42 Å². The molecule has 4 rings (SSSR count). The number of hydrogen-bond acceptors (Lipinski definition) is 6. The molecule has 8 heteroatoms. The number of benzene rings is 1. The summed E-state index contributed by atoms with van der Waals surface area (Å²) in [6.07, 6.45) is 0. The van der Waals surface area contributed by atoms with Gasteiger partial charge < -0.3 is 9.32 Å². The number of carbonyl (C=O) groups is 2. The molecule has 0 saturated heterocycles. The average molecular weight is 342 g/mol. The second-order valence-electron chi connectivity index (χ2n) is 5.55. The van der Waals surface area contributed by atoms with E-state index >= 15 is 0 Å². The lowest BCUT2D eigenvalue weighted by molar-refractivity contribution is -0.126. The largest absolute Gasteiger partial charge is 0.461 e. The van der Waals surface area contributed by atoms with Crippen LogP contribution in [0.1, 0.15) is 24.2 Å². The highest BCUT2D eigenvalue weighted by Gasteiger charge is 2.42. The molecule has 0 spiro atoms. The minimum absolute atomic E-state index is 0.237. The first kappa shape index (κ1) is 14.8. The Hall–Kier alpha value is -2.74. The van der Waals surface area contributed by atoms with Gasteiger partial charge in [0.15, 0.2) is 0 Å². The Kier molecular flexibility index (Phi) is 3.34. The van der Waals surface area contributed by atoms with Crippen LogP contribution in [0.2, 0.25) is 0 Å². The van der Waals surface area contributed by atoms with E-state index in [1.54, 1.807) is 11.0 Å². The number of nitrogens with one attached hydrogen (secondary N) is 1. The molecule has 0 saturated carbocycles. The van der Waals surface area contributed by atoms with Gasteiger partial charge in [0, 0.05) is 23.2 Å². The Labute approximate surface area is 141 Å². The van der Waals surface area contributed by atoms with Crippen LogP contribution >= 0.6 is 11.3 Å². The predicted molar refractivity (Wildman–Crippen MR) is 90.3 cm³/mol. The second kappa shape index (κ2) is 5.41. The summed E-state index contributed by atoms with van der Waals surface area (Å²) in [5.41, 5.74) is 3.61. The molecule has 1 aliphatic rings. The molecule has 3 heterocycles. The van der Waals surface area contributed by atoms with Crippen molar-refractivity contribution in [1.29, 1.82) is 0 Å². The van der Waals surface area contributed by atoms with Gasteiger partial charge in [-0.25, -0.2) is 0 Å². The standard InChI is InChI=1S/C16H14N4O3S/c1-3-20-11-5-9-4-8(2)23-12(9)6-10(11)13(15(20)22)14(21)18-16-19-17-7-24-16/h4-7,13H,3H2,1-2H3,(H,18,19,21). The van der Waals surface area contributed by atoms with E-state index in [0.717, 1.165) is 16.8 Å². The monoisotopic (exact) mass is 342 g/mol. The van der Waals surface area contributed by atoms with Crippen LogP contribution in [0.4, 0.5) is 10.8 Å². The van der Waals surface area contributed by atoms with Crippen LogP contribution in [0.15, 0.2) is 28.1 Å². The molecule has 0 radical (unpaired) electrons. The van der Waals surface area contributed by atoms with E-state index in [1.807, 2.05) is 26.0 Å². The number of nitrogens with zero attached hydrogens (tertiary/aromatic N) is 3. The second-order valence-corrected chi connectivity index (χ2v) is 6.39. The molecule has 3 aromatic rings. The fourth-order valence-electron chi connectivity index (χ4n) is 3.08. The molecule has 0 aliphatic carbocycles. The minimum atomic E-state index is -0.904. The summed E-state index contributed by atoms with van der Waals surface area (Å²) in [6.45, 7) is 4.25. The number of carbonyl (C=O) groups excluding carboxylic acids is 2. The first-order valence-electron chi connectivity index (χ1n) is 7.51. The maximum Gasteiger partial charge on any atom is 0.244 e. The quantitative estimate of drug-likeness (QED) is 0.739. The summed E-state index contributed by atoms with van der Waals surface area (Å²) < 4.78 is 5.65. The molecular formula is C16H14N4O3S. The molecule has 1 aromatic carbocycles. The van der Waals surface area contributed by atoms with Gasteiger partial charge in [-0.2, -0.15) is 0 Å². The maximum absolute atomic E-state index is 12.7. The lowest BCUT2D eigenvalue weighted by Crippen LogP contribution is -2.33. The summed E-state index contributed by atoms with van der Waals surface area (Å²) in [7, 11) is 0. The van der Waals surface area contributed by atoms with Crippen molar-refractivity contribution in [2.75, 3.05) is 16.8 Å². The third-order valence-electron chi connectivity index (χ3n) is 4.07. The van der Waals surface area contributed by atoms with Crippen molar-refractivity contribution >= 4 is 44.9 Å². The van der Waals surface area contributed by atoms with Gasteiger partial charge in [-0.15, -0.1) is 10.2 Å². The molecule has 1 unspecified atom stereocenters. The normalized spacial score (nSPS) is 16.7. The zero-order valence-corrected chi connectivity index (χ0v) is 13.9. The van der Waals surface area contributed by atoms with Gasteiger partial charge in [-0.1, -0.05) is 11.3 Å². The Morgan fingerprint density at radius 3 is 2.96 bits per heavy atom. The van der Waals surface area contributed by atoms with Crippen LogP contribution in [0.25, 0.3) is 11.0 Å². The molecule has 1 atom stereocenters. The van der Waals surface area contributed by atoms with Crippen LogP contribution in [-0.2, 0) is 9.59 Å². The van der Waals surface area contributed by atoms with E-state index in [2.05, 4.69) is 15.5 Å². The van der Waals surface area contributed by atoms with Gasteiger partial charge in [-0.05, 0) is 32.0 Å². The maximum atomic E-state index is 12.7. The molecule has 0 bridgehead atoms. The van der Waals surface area contributed by atoms with Crippen molar-refractivity contribution in [2.24, 2.45) is 0 Å². The van der Waals surface area contributed by atoms with E-state index in [1.165, 1.54) is 16.8 Å². The number of likely N-dealkylation sites (N-methyl/N-ethyl adjacent to an activating group) is 1. The molecule has 0 fully saturated rings. The number of furan rings is 1. The lowest BCUT2D eigenvalue weighted by atomic mass is 9.99. The SMILES string of the molecule is CCN1C(=O)C(C(=O)Nc2nncs2)c2cc3oc(C)cc3cc21. The van der Waals surface area contributed by atoms with Gasteiger partial charge in [-0.3, -0.25) is 14.9 Å². The highest BCUT2D eigenvalue weighted by molar-refractivity contribution is 7.13. The van der Waals surface area contributed by atoms with Crippen LogP contribution in [0.5, 0.6) is 0 Å². The van der Waals surface area contributed by atoms with Crippen molar-refractivity contribution < 1.29 is 14.0 Å². The topological polar surface area (TPSA) is 88.3 Å². The predicted octanol–water partition coefficient (Wildman–Crippen LogP) is 2.68. The van der Waals surface area contributed by atoms with E-state index < -0.39 is 11.8 Å². The fraction of sp³-hybridized carbons (Fsp3) is 0.250. The van der Waals surface area contributed by atoms with Crippen molar-refractivity contribution in [3.8, 4) is 0 Å². The third-order valence-corrected chi connectivity index (χ3v) is 4.68. The Morgan fingerprint density at radius 2 is 2.25 bits per heavy atom. The average Bonchev–Trinajstić information content (AvgIpc) is 3.21. The molecule has 2 aromatic heterocycles. The summed E-state index contributed by atoms with van der Waals surface area (Å²) in [4.78, 5) is 27.0. The zero-order chi connectivity index (χ0) is 16.8. The van der Waals surface area contributed by atoms with Crippen LogP contribution in [0.3, 0.4) is 0 Å². The van der Waals surface area contributed by atoms with E-state index in [-0.39, 0.29) is 5.91 Å². The van der Waals surface area contributed by atoms with Gasteiger partial charge in [0.2, 0.25) is 16.9 Å². The van der Waals surface area contributed by atoms with Crippen molar-refractivity contribution in [3.05, 3.63) is 35.0 Å². The van der Waals surface area contributed by atoms with E-state index in [9.17, 15) is 9.59 Å². The first-order valence-corrected chi connectivity index (χ1v) is 8.39. The Morgan fingerprint density at radius 1 is 1.42 bits per heavy atom. The smallest absolute Gasteiger partial charge is 0.244 e. The summed E-state index contributed by atoms with van der Waals surface area (Å²) >= 11 is 1.21. The number of hydrogen-bond donors (Lipinski definition) is 1. The minimum Gasteiger partial charge on any atom is -0.461 e. The van der Waals surface area contributed by atoms with Gasteiger partial charge >= 0.3 is 0 Å². The first-order chi connectivity index (χ1) is 11.6.